The van der Waals surface area contributed by atoms with E-state index in [9.17, 15) is 0 Å². The highest BCUT2D eigenvalue weighted by molar-refractivity contribution is 5.80. The average molecular weight is 385 g/mol. The molecule has 150 valence electrons. The lowest BCUT2D eigenvalue weighted by Crippen LogP contribution is -2.33. The Hall–Kier alpha value is -2.71. The lowest BCUT2D eigenvalue weighted by Gasteiger charge is -2.23. The fourth-order valence-electron chi connectivity index (χ4n) is 3.14. The fourth-order valence-corrected chi connectivity index (χ4v) is 3.14. The largest absolute Gasteiger partial charge is 0.497 e. The van der Waals surface area contributed by atoms with Crippen molar-refractivity contribution in [2.75, 3.05) is 52.5 Å². The molecule has 0 aliphatic heterocycles. The molecule has 28 heavy (non-hydrogen) atoms. The second-order valence-electron chi connectivity index (χ2n) is 6.47. The van der Waals surface area contributed by atoms with Crippen molar-refractivity contribution in [3.8, 4) is 16.9 Å². The van der Waals surface area contributed by atoms with Gasteiger partial charge in [-0.25, -0.2) is 4.98 Å². The van der Waals surface area contributed by atoms with Crippen LogP contribution in [0.2, 0.25) is 0 Å². The van der Waals surface area contributed by atoms with Gasteiger partial charge in [0.25, 0.3) is 0 Å². The molecule has 0 unspecified atom stereocenters. The Bertz CT molecular complexity index is 916. The number of hydrogen-bond donors (Lipinski definition) is 0. The van der Waals surface area contributed by atoms with Crippen LogP contribution in [0.4, 0.5) is 5.95 Å². The summed E-state index contributed by atoms with van der Waals surface area (Å²) in [5.74, 6) is 2.24. The van der Waals surface area contributed by atoms with Crippen molar-refractivity contribution in [3.63, 3.8) is 0 Å². The van der Waals surface area contributed by atoms with Gasteiger partial charge in [-0.3, -0.25) is 0 Å². The van der Waals surface area contributed by atoms with Crippen LogP contribution in [0.1, 0.15) is 11.5 Å². The summed E-state index contributed by atoms with van der Waals surface area (Å²) in [4.78, 5) is 11.5. The van der Waals surface area contributed by atoms with Crippen molar-refractivity contribution in [1.82, 2.24) is 19.6 Å². The highest BCUT2D eigenvalue weighted by Crippen LogP contribution is 2.30. The molecule has 8 nitrogen and oxygen atoms in total. The predicted molar refractivity (Wildman–Crippen MR) is 108 cm³/mol. The molecular formula is C20H27N5O3. The quantitative estimate of drug-likeness (QED) is 0.560. The highest BCUT2D eigenvalue weighted by atomic mass is 16.5. The number of aromatic nitrogens is 4. The molecular weight excluding hydrogens is 358 g/mol. The van der Waals surface area contributed by atoms with Gasteiger partial charge in [-0.2, -0.15) is 14.6 Å². The zero-order valence-corrected chi connectivity index (χ0v) is 17.1. The summed E-state index contributed by atoms with van der Waals surface area (Å²) in [6.45, 7) is 6.42. The zero-order chi connectivity index (χ0) is 20.1. The Morgan fingerprint density at radius 2 is 1.57 bits per heavy atom. The molecule has 0 saturated heterocycles. The van der Waals surface area contributed by atoms with Gasteiger partial charge < -0.3 is 19.1 Å². The van der Waals surface area contributed by atoms with E-state index in [0.29, 0.717) is 32.1 Å². The summed E-state index contributed by atoms with van der Waals surface area (Å²) < 4.78 is 17.6. The molecule has 0 saturated carbocycles. The summed E-state index contributed by atoms with van der Waals surface area (Å²) in [6, 6.07) is 7.93. The van der Waals surface area contributed by atoms with Gasteiger partial charge in [0.05, 0.1) is 26.0 Å². The van der Waals surface area contributed by atoms with Gasteiger partial charge in [-0.05, 0) is 31.5 Å². The molecule has 0 aliphatic rings. The first kappa shape index (κ1) is 20.0. The van der Waals surface area contributed by atoms with Gasteiger partial charge in [0.2, 0.25) is 5.95 Å². The molecule has 1 aromatic carbocycles. The molecule has 0 N–H and O–H groups in total. The first-order valence-electron chi connectivity index (χ1n) is 9.20. The van der Waals surface area contributed by atoms with Crippen LogP contribution in [-0.4, -0.2) is 67.2 Å². The Morgan fingerprint density at radius 1 is 0.929 bits per heavy atom. The van der Waals surface area contributed by atoms with E-state index in [4.69, 9.17) is 19.3 Å². The first-order valence-corrected chi connectivity index (χ1v) is 9.20. The van der Waals surface area contributed by atoms with Crippen molar-refractivity contribution in [2.24, 2.45) is 0 Å². The Labute approximate surface area is 165 Å². The van der Waals surface area contributed by atoms with Crippen LogP contribution in [0.3, 0.4) is 0 Å². The van der Waals surface area contributed by atoms with Crippen molar-refractivity contribution < 1.29 is 14.2 Å². The van der Waals surface area contributed by atoms with Crippen LogP contribution in [0.15, 0.2) is 24.3 Å². The molecule has 2 aromatic heterocycles. The predicted octanol–water partition coefficient (Wildman–Crippen LogP) is 2.52. The molecule has 2 heterocycles. The molecule has 0 aliphatic carbocycles. The summed E-state index contributed by atoms with van der Waals surface area (Å²) in [6.07, 6.45) is 0. The second-order valence-corrected chi connectivity index (χ2v) is 6.47. The summed E-state index contributed by atoms with van der Waals surface area (Å²) in [5, 5.41) is 4.75. The number of fused-ring (bicyclic) bond motifs is 1. The van der Waals surface area contributed by atoms with Crippen molar-refractivity contribution >= 4 is 11.6 Å². The molecule has 0 atom stereocenters. The minimum absolute atomic E-state index is 0.583. The van der Waals surface area contributed by atoms with E-state index in [1.807, 2.05) is 42.6 Å². The number of nitrogens with zero attached hydrogens (tertiary/aromatic N) is 5. The van der Waals surface area contributed by atoms with E-state index in [-0.39, 0.29) is 0 Å². The minimum atomic E-state index is 0.583. The van der Waals surface area contributed by atoms with Crippen LogP contribution in [-0.2, 0) is 9.47 Å². The smallest absolute Gasteiger partial charge is 0.230 e. The van der Waals surface area contributed by atoms with Crippen LogP contribution in [0, 0.1) is 13.8 Å². The maximum absolute atomic E-state index is 5.27. The molecule has 0 fully saturated rings. The van der Waals surface area contributed by atoms with E-state index in [1.165, 1.54) is 0 Å². The Kier molecular flexibility index (Phi) is 6.43. The first-order chi connectivity index (χ1) is 13.6. The van der Waals surface area contributed by atoms with Crippen LogP contribution >= 0.6 is 0 Å². The number of methoxy groups -OCH3 is 3. The SMILES string of the molecule is COCCN(CCOC)c1nc(C)nc2c(-c3ccc(OC)cc3)c(C)nn12. The maximum Gasteiger partial charge on any atom is 0.230 e. The fraction of sp³-hybridized carbons (Fsp3) is 0.450. The lowest BCUT2D eigenvalue weighted by atomic mass is 10.1. The Balaban J connectivity index is 2.12. The average Bonchev–Trinajstić information content (AvgIpc) is 3.03. The van der Waals surface area contributed by atoms with E-state index in [0.717, 1.165) is 34.2 Å². The van der Waals surface area contributed by atoms with Gasteiger partial charge in [0.1, 0.15) is 11.6 Å². The van der Waals surface area contributed by atoms with Crippen molar-refractivity contribution in [3.05, 3.63) is 35.8 Å². The number of rotatable bonds is 9. The third-order valence-corrected chi connectivity index (χ3v) is 4.55. The second kappa shape index (κ2) is 8.99. The molecule has 8 heteroatoms. The number of anilines is 1. The summed E-state index contributed by atoms with van der Waals surface area (Å²) >= 11 is 0. The number of hydrogen-bond acceptors (Lipinski definition) is 7. The number of aryl methyl sites for hydroxylation is 2. The highest BCUT2D eigenvalue weighted by Gasteiger charge is 2.20. The van der Waals surface area contributed by atoms with Gasteiger partial charge >= 0.3 is 0 Å². The normalized spacial score (nSPS) is 11.2. The van der Waals surface area contributed by atoms with Crippen LogP contribution in [0.25, 0.3) is 16.8 Å². The van der Waals surface area contributed by atoms with Crippen LogP contribution in [0.5, 0.6) is 5.75 Å². The topological polar surface area (TPSA) is 74.0 Å². The monoisotopic (exact) mass is 385 g/mol. The summed E-state index contributed by atoms with van der Waals surface area (Å²) in [7, 11) is 5.04. The van der Waals surface area contributed by atoms with E-state index in [1.54, 1.807) is 21.3 Å². The van der Waals surface area contributed by atoms with E-state index >= 15 is 0 Å². The summed E-state index contributed by atoms with van der Waals surface area (Å²) in [5.41, 5.74) is 3.71. The van der Waals surface area contributed by atoms with Crippen LogP contribution < -0.4 is 9.64 Å². The third-order valence-electron chi connectivity index (χ3n) is 4.55. The molecule has 0 radical (unpaired) electrons. The lowest BCUT2D eigenvalue weighted by molar-refractivity contribution is 0.189. The molecule has 0 bridgehead atoms. The molecule has 3 rings (SSSR count). The third kappa shape index (κ3) is 4.07. The number of ether oxygens (including phenoxy) is 3. The standard InChI is InChI=1S/C20H27N5O3/c1-14-18(16-6-8-17(28-5)9-7-16)19-21-15(2)22-20(25(19)23-14)24(10-12-26-3)11-13-27-4/h6-9H,10-13H2,1-5H3. The molecule has 0 amide bonds. The maximum atomic E-state index is 5.27. The van der Waals surface area contributed by atoms with Gasteiger partial charge in [-0.15, -0.1) is 0 Å². The van der Waals surface area contributed by atoms with Gasteiger partial charge in [0, 0.05) is 32.9 Å². The van der Waals surface area contributed by atoms with Crippen molar-refractivity contribution in [2.45, 2.75) is 13.8 Å². The Morgan fingerprint density at radius 3 is 2.14 bits per heavy atom. The van der Waals surface area contributed by atoms with Gasteiger partial charge in [0.15, 0.2) is 5.65 Å². The number of benzene rings is 1. The zero-order valence-electron chi connectivity index (χ0n) is 17.1. The van der Waals surface area contributed by atoms with Crippen molar-refractivity contribution in [1.29, 1.82) is 0 Å². The van der Waals surface area contributed by atoms with E-state index < -0.39 is 0 Å². The molecule has 0 spiro atoms. The minimum Gasteiger partial charge on any atom is -0.497 e. The van der Waals surface area contributed by atoms with Gasteiger partial charge in [-0.1, -0.05) is 12.1 Å². The molecule has 3 aromatic rings. The van der Waals surface area contributed by atoms with E-state index in [2.05, 4.69) is 14.9 Å².